The maximum Gasteiger partial charge on any atom is 0.434 e. The molecule has 2 heterocycles. The monoisotopic (exact) mass is 625 g/mol. The van der Waals surface area contributed by atoms with Crippen LogP contribution >= 0.6 is 0 Å². The smallest absolute Gasteiger partial charge is 0.364 e. The molecule has 0 unspecified atom stereocenters. The Morgan fingerprint density at radius 3 is 2.40 bits per heavy atom. The van der Waals surface area contributed by atoms with Crippen molar-refractivity contribution in [3.05, 3.63) is 77.9 Å². The van der Waals surface area contributed by atoms with Crippen molar-refractivity contribution in [2.24, 2.45) is 0 Å². The van der Waals surface area contributed by atoms with Crippen molar-refractivity contribution in [1.82, 2.24) is 14.9 Å². The molecule has 1 aliphatic rings. The van der Waals surface area contributed by atoms with Gasteiger partial charge in [0.2, 0.25) is 0 Å². The Balaban J connectivity index is 1.49. The number of anilines is 1. The minimum absolute atomic E-state index is 0.0681. The van der Waals surface area contributed by atoms with Gasteiger partial charge in [0.1, 0.15) is 0 Å². The number of sulfone groups is 1. The minimum Gasteiger partial charge on any atom is -0.364 e. The van der Waals surface area contributed by atoms with Crippen LogP contribution in [0.15, 0.2) is 66.0 Å². The summed E-state index contributed by atoms with van der Waals surface area (Å²) in [5.74, 6) is -0.576. The molecule has 0 bridgehead atoms. The summed E-state index contributed by atoms with van der Waals surface area (Å²) in [4.78, 5) is 18.3. The molecule has 230 valence electrons. The molecule has 4 rings (SSSR count). The number of hydrogen-bond donors (Lipinski definition) is 1. The summed E-state index contributed by atoms with van der Waals surface area (Å²) in [5.41, 5.74) is 0.259. The number of nitrogens with one attached hydrogen (secondary N) is 1. The Labute approximate surface area is 244 Å². The molecule has 1 amide bonds. The van der Waals surface area contributed by atoms with E-state index in [-0.39, 0.29) is 42.2 Å². The zero-order valence-corrected chi connectivity index (χ0v) is 23.7. The fourth-order valence-corrected chi connectivity index (χ4v) is 5.80. The van der Waals surface area contributed by atoms with Gasteiger partial charge in [-0.15, -0.1) is 0 Å². The third-order valence-corrected chi connectivity index (χ3v) is 8.95. The van der Waals surface area contributed by atoms with Gasteiger partial charge in [-0.2, -0.15) is 27.2 Å². The lowest BCUT2D eigenvalue weighted by Crippen LogP contribution is -2.34. The van der Waals surface area contributed by atoms with Crippen molar-refractivity contribution in [3.63, 3.8) is 0 Å². The van der Waals surface area contributed by atoms with Crippen molar-refractivity contribution in [2.45, 2.75) is 55.6 Å². The van der Waals surface area contributed by atoms with E-state index in [1.165, 1.54) is 47.9 Å². The van der Waals surface area contributed by atoms with E-state index in [0.717, 1.165) is 12.5 Å². The summed E-state index contributed by atoms with van der Waals surface area (Å²) in [6.45, 7) is -1.68. The Hall–Kier alpha value is -4.03. The van der Waals surface area contributed by atoms with Crippen LogP contribution in [0.2, 0.25) is 0 Å². The van der Waals surface area contributed by atoms with Gasteiger partial charge >= 0.3 is 12.8 Å². The van der Waals surface area contributed by atoms with Crippen molar-refractivity contribution in [3.8, 4) is 6.07 Å². The maximum absolute atomic E-state index is 13.0. The molecule has 15 heteroatoms. The number of benzene rings is 2. The van der Waals surface area contributed by atoms with Crippen LogP contribution in [-0.4, -0.2) is 55.4 Å². The number of rotatable bonds is 11. The summed E-state index contributed by atoms with van der Waals surface area (Å²) >= 11 is 0. The van der Waals surface area contributed by atoms with Crippen LogP contribution in [0.3, 0.4) is 0 Å². The molecular formula is C28H28F5N5O4S. The van der Waals surface area contributed by atoms with Crippen molar-refractivity contribution < 1.29 is 39.9 Å². The van der Waals surface area contributed by atoms with E-state index in [2.05, 4.69) is 15.0 Å². The van der Waals surface area contributed by atoms with E-state index in [4.69, 9.17) is 0 Å². The molecule has 1 N–H and O–H groups in total. The van der Waals surface area contributed by atoms with E-state index < -0.39 is 52.4 Å². The fraction of sp³-hybridized carbons (Fsp3) is 0.393. The first-order valence-electron chi connectivity index (χ1n) is 13.2. The van der Waals surface area contributed by atoms with E-state index in [9.17, 15) is 40.4 Å². The number of imidazole rings is 1. The van der Waals surface area contributed by atoms with Gasteiger partial charge in [0.05, 0.1) is 54.2 Å². The van der Waals surface area contributed by atoms with Gasteiger partial charge < -0.3 is 19.5 Å². The lowest BCUT2D eigenvalue weighted by molar-refractivity contribution is -0.141. The second kappa shape index (κ2) is 13.1. The molecule has 1 fully saturated rings. The minimum atomic E-state index is -4.62. The average Bonchev–Trinajstić information content (AvgIpc) is 3.64. The largest absolute Gasteiger partial charge is 0.434 e. The second-order valence-corrected chi connectivity index (χ2v) is 12.2. The summed E-state index contributed by atoms with van der Waals surface area (Å²) in [5, 5.41) is 12.1. The van der Waals surface area contributed by atoms with Crippen LogP contribution in [0.5, 0.6) is 0 Å². The van der Waals surface area contributed by atoms with E-state index >= 15 is 0 Å². The highest BCUT2D eigenvalue weighted by Crippen LogP contribution is 2.35. The molecule has 0 aliphatic carbocycles. The number of carbonyl (C=O) groups excluding carboxylic acids is 1. The maximum atomic E-state index is 13.0. The normalized spacial score (nSPS) is 18.0. The molecule has 3 atom stereocenters. The van der Waals surface area contributed by atoms with Gasteiger partial charge in [0, 0.05) is 24.0 Å². The van der Waals surface area contributed by atoms with Crippen molar-refractivity contribution >= 4 is 21.4 Å². The highest BCUT2D eigenvalue weighted by atomic mass is 32.2. The standard InChI is InChI=1S/C28H28F5N5O4S/c1-2-43(40,41)23-9-5-18(6-10-23)24(11-12-34)36-26(39)19-3-7-20(8-4-19)38-14-21(13-22(38)16-42-27(29)30)37-15-25(35-17-37)28(31,32)33/h3-10,15,17,21-22,24,27H,2,11,13-14,16H2,1H3,(H,36,39)/t21-,22-,24-/m0/s1. The Morgan fingerprint density at radius 2 is 1.84 bits per heavy atom. The molecule has 1 saturated heterocycles. The molecule has 3 aromatic rings. The number of hydrogen-bond acceptors (Lipinski definition) is 7. The Morgan fingerprint density at radius 1 is 1.16 bits per heavy atom. The summed E-state index contributed by atoms with van der Waals surface area (Å²) in [7, 11) is -3.42. The Kier molecular flexibility index (Phi) is 9.71. The van der Waals surface area contributed by atoms with E-state index in [1.54, 1.807) is 17.0 Å². The third kappa shape index (κ3) is 7.68. The number of halogens is 5. The molecule has 9 nitrogen and oxygen atoms in total. The van der Waals surface area contributed by atoms with Gasteiger partial charge in [-0.25, -0.2) is 13.4 Å². The van der Waals surface area contributed by atoms with Gasteiger partial charge in [-0.1, -0.05) is 19.1 Å². The number of nitrogens with zero attached hydrogens (tertiary/aromatic N) is 4. The molecule has 2 aromatic carbocycles. The summed E-state index contributed by atoms with van der Waals surface area (Å²) < 4.78 is 94.8. The molecule has 1 aliphatic heterocycles. The highest BCUT2D eigenvalue weighted by Gasteiger charge is 2.37. The number of amides is 1. The zero-order valence-electron chi connectivity index (χ0n) is 22.8. The summed E-state index contributed by atoms with van der Waals surface area (Å²) in [6.07, 6.45) is -2.54. The molecule has 1 aromatic heterocycles. The predicted octanol–water partition coefficient (Wildman–Crippen LogP) is 5.14. The first kappa shape index (κ1) is 31.9. The van der Waals surface area contributed by atoms with Crippen LogP contribution < -0.4 is 10.2 Å². The number of aromatic nitrogens is 2. The highest BCUT2D eigenvalue weighted by molar-refractivity contribution is 7.91. The van der Waals surface area contributed by atoms with Crippen LogP contribution in [-0.2, 0) is 20.8 Å². The lowest BCUT2D eigenvalue weighted by Gasteiger charge is -2.26. The molecule has 0 radical (unpaired) electrons. The number of carbonyl (C=O) groups is 1. The molecule has 0 spiro atoms. The number of nitriles is 1. The van der Waals surface area contributed by atoms with Gasteiger partial charge in [0.15, 0.2) is 15.5 Å². The lowest BCUT2D eigenvalue weighted by atomic mass is 10.0. The van der Waals surface area contributed by atoms with Crippen LogP contribution in [0, 0.1) is 11.3 Å². The Bertz CT molecular complexity index is 1550. The number of alkyl halides is 5. The predicted molar refractivity (Wildman–Crippen MR) is 145 cm³/mol. The quantitative estimate of drug-likeness (QED) is 0.293. The van der Waals surface area contributed by atoms with Crippen molar-refractivity contribution in [2.75, 3.05) is 23.8 Å². The first-order chi connectivity index (χ1) is 20.3. The first-order valence-corrected chi connectivity index (χ1v) is 14.8. The van der Waals surface area contributed by atoms with Crippen LogP contribution in [0.25, 0.3) is 0 Å². The molecule has 0 saturated carbocycles. The molecule has 43 heavy (non-hydrogen) atoms. The number of ether oxygens (including phenoxy) is 1. The van der Waals surface area contributed by atoms with Gasteiger partial charge in [-0.05, 0) is 48.4 Å². The van der Waals surface area contributed by atoms with Gasteiger partial charge in [-0.3, -0.25) is 4.79 Å². The fourth-order valence-electron chi connectivity index (χ4n) is 4.91. The average molecular weight is 626 g/mol. The van der Waals surface area contributed by atoms with Crippen molar-refractivity contribution in [1.29, 1.82) is 5.26 Å². The SMILES string of the molecule is CCS(=O)(=O)c1ccc([C@H](CC#N)NC(=O)c2ccc(N3C[C@@H](n4cnc(C(F)(F)F)c4)C[C@H]3COC(F)F)cc2)cc1. The topological polar surface area (TPSA) is 117 Å². The summed E-state index contributed by atoms with van der Waals surface area (Å²) in [6, 6.07) is 12.3. The van der Waals surface area contributed by atoms with Crippen LogP contribution in [0.1, 0.15) is 53.5 Å². The third-order valence-electron chi connectivity index (χ3n) is 7.20. The van der Waals surface area contributed by atoms with Gasteiger partial charge in [0.25, 0.3) is 5.91 Å². The molecular weight excluding hydrogens is 597 g/mol. The second-order valence-electron chi connectivity index (χ2n) is 9.90. The zero-order chi connectivity index (χ0) is 31.4. The van der Waals surface area contributed by atoms with E-state index in [1.807, 2.05) is 6.07 Å². The van der Waals surface area contributed by atoms with Crippen LogP contribution in [0.4, 0.5) is 27.6 Å². The van der Waals surface area contributed by atoms with E-state index in [0.29, 0.717) is 11.3 Å².